The topological polar surface area (TPSA) is 32.9 Å². The maximum absolute atomic E-state index is 12.0. The summed E-state index contributed by atoms with van der Waals surface area (Å²) in [5.74, 6) is -0.527. The Bertz CT molecular complexity index is 589. The zero-order valence-electron chi connectivity index (χ0n) is 9.14. The molecule has 1 aromatic heterocycles. The van der Waals surface area contributed by atoms with E-state index in [0.717, 1.165) is 0 Å². The van der Waals surface area contributed by atoms with Gasteiger partial charge in [0.15, 0.2) is 5.78 Å². The Morgan fingerprint density at radius 2 is 2.06 bits per heavy atom. The van der Waals surface area contributed by atoms with Crippen molar-refractivity contribution in [1.82, 2.24) is 4.98 Å². The molecule has 2 rings (SSSR count). The van der Waals surface area contributed by atoms with E-state index in [1.165, 1.54) is 6.20 Å². The number of nitrogens with one attached hydrogen (secondary N) is 1. The largest absolute Gasteiger partial charge is 0.389 e. The van der Waals surface area contributed by atoms with Gasteiger partial charge < -0.3 is 4.98 Å². The molecule has 2 nitrogen and oxygen atoms in total. The molecule has 0 spiro atoms. The van der Waals surface area contributed by atoms with Gasteiger partial charge in [-0.3, -0.25) is 4.79 Å². The number of H-pyrrole nitrogens is 1. The van der Waals surface area contributed by atoms with Gasteiger partial charge in [-0.25, -0.2) is 0 Å². The van der Waals surface area contributed by atoms with E-state index < -0.39 is 24.8 Å². The van der Waals surface area contributed by atoms with Crippen LogP contribution in [0, 0.1) is 0 Å². The van der Waals surface area contributed by atoms with E-state index in [-0.39, 0.29) is 5.56 Å². The lowest BCUT2D eigenvalue weighted by atomic mass is 10.1. The van der Waals surface area contributed by atoms with Crippen LogP contribution >= 0.6 is 11.6 Å². The van der Waals surface area contributed by atoms with Crippen LogP contribution in [0.5, 0.6) is 0 Å². The summed E-state index contributed by atoms with van der Waals surface area (Å²) in [6.45, 7) is 0. The van der Waals surface area contributed by atoms with Crippen LogP contribution in [-0.2, 0) is 0 Å². The number of halogens is 4. The number of carbonyl (C=O) groups excluding carboxylic acids is 1. The Hall–Kier alpha value is -1.49. The third kappa shape index (κ3) is 2.85. The normalized spacial score (nSPS) is 12.0. The number of aromatic nitrogens is 1. The van der Waals surface area contributed by atoms with Crippen molar-refractivity contribution in [2.45, 2.75) is 19.0 Å². The van der Waals surface area contributed by atoms with Crippen LogP contribution in [0.3, 0.4) is 0 Å². The van der Waals surface area contributed by atoms with Crippen molar-refractivity contribution < 1.29 is 18.0 Å². The van der Waals surface area contributed by atoms with E-state index in [0.29, 0.717) is 15.9 Å². The van der Waals surface area contributed by atoms with E-state index in [4.69, 9.17) is 11.6 Å². The average Bonchev–Trinajstić information content (AvgIpc) is 2.67. The molecular weight excluding hydrogens is 267 g/mol. The molecule has 0 atom stereocenters. The van der Waals surface area contributed by atoms with Gasteiger partial charge in [0.25, 0.3) is 0 Å². The van der Waals surface area contributed by atoms with Gasteiger partial charge in [-0.1, -0.05) is 17.7 Å². The van der Waals surface area contributed by atoms with Crippen molar-refractivity contribution >= 4 is 28.3 Å². The van der Waals surface area contributed by atoms with E-state index in [1.807, 2.05) is 0 Å². The van der Waals surface area contributed by atoms with Gasteiger partial charge >= 0.3 is 6.18 Å². The summed E-state index contributed by atoms with van der Waals surface area (Å²) in [6.07, 6.45) is -4.55. The van der Waals surface area contributed by atoms with Gasteiger partial charge in [0.2, 0.25) is 0 Å². The quantitative estimate of drug-likeness (QED) is 0.830. The first-order valence-electron chi connectivity index (χ1n) is 5.23. The number of alkyl halides is 3. The molecule has 0 radical (unpaired) electrons. The fraction of sp³-hybridized carbons (Fsp3) is 0.250. The first-order chi connectivity index (χ1) is 8.37. The van der Waals surface area contributed by atoms with Crippen LogP contribution in [0.1, 0.15) is 23.2 Å². The number of rotatable bonds is 3. The molecule has 0 saturated carbocycles. The molecule has 1 heterocycles. The second-order valence-corrected chi connectivity index (χ2v) is 4.37. The van der Waals surface area contributed by atoms with Crippen LogP contribution in [0.4, 0.5) is 13.2 Å². The average molecular weight is 276 g/mol. The summed E-state index contributed by atoms with van der Waals surface area (Å²) in [5.41, 5.74) is 0.906. The predicted molar refractivity (Wildman–Crippen MR) is 62.9 cm³/mol. The first-order valence-corrected chi connectivity index (χ1v) is 5.61. The molecule has 1 aromatic carbocycles. The summed E-state index contributed by atoms with van der Waals surface area (Å²) < 4.78 is 36.1. The Morgan fingerprint density at radius 1 is 1.33 bits per heavy atom. The summed E-state index contributed by atoms with van der Waals surface area (Å²) in [7, 11) is 0. The van der Waals surface area contributed by atoms with Crippen LogP contribution in [-0.4, -0.2) is 16.9 Å². The zero-order valence-corrected chi connectivity index (χ0v) is 9.90. The fourth-order valence-electron chi connectivity index (χ4n) is 1.72. The second kappa shape index (κ2) is 4.65. The highest BCUT2D eigenvalue weighted by Gasteiger charge is 2.28. The number of fused-ring (bicyclic) bond motifs is 1. The smallest absolute Gasteiger partial charge is 0.360 e. The van der Waals surface area contributed by atoms with Gasteiger partial charge in [-0.2, -0.15) is 13.2 Å². The van der Waals surface area contributed by atoms with Crippen molar-refractivity contribution in [2.24, 2.45) is 0 Å². The number of Topliss-reactive ketones (excluding diaryl/α,β-unsaturated/α-hetero) is 1. The maximum Gasteiger partial charge on any atom is 0.389 e. The van der Waals surface area contributed by atoms with Crippen LogP contribution in [0.2, 0.25) is 5.02 Å². The van der Waals surface area contributed by atoms with Gasteiger partial charge in [0.05, 0.1) is 6.42 Å². The Labute approximate surface area is 106 Å². The van der Waals surface area contributed by atoms with E-state index in [9.17, 15) is 18.0 Å². The molecule has 0 unspecified atom stereocenters. The summed E-state index contributed by atoms with van der Waals surface area (Å²) in [5, 5.41) is 1.09. The Kier molecular flexibility index (Phi) is 3.34. The molecule has 1 N–H and O–H groups in total. The standard InChI is InChI=1S/C12H9ClF3NO/c13-7-1-2-8-9(6-17-10(8)5-7)11(18)3-4-12(14,15)16/h1-2,5-6,17H,3-4H2. The van der Waals surface area contributed by atoms with Gasteiger partial charge in [0, 0.05) is 34.1 Å². The van der Waals surface area contributed by atoms with Crippen LogP contribution in [0.25, 0.3) is 10.9 Å². The molecule has 0 aliphatic carbocycles. The number of aromatic amines is 1. The lowest BCUT2D eigenvalue weighted by Crippen LogP contribution is -2.10. The Morgan fingerprint density at radius 3 is 2.72 bits per heavy atom. The van der Waals surface area contributed by atoms with Gasteiger partial charge in [-0.05, 0) is 12.1 Å². The van der Waals surface area contributed by atoms with E-state index in [2.05, 4.69) is 4.98 Å². The zero-order chi connectivity index (χ0) is 13.3. The number of benzene rings is 1. The van der Waals surface area contributed by atoms with Crippen molar-refractivity contribution in [3.05, 3.63) is 35.0 Å². The number of carbonyl (C=O) groups is 1. The maximum atomic E-state index is 12.0. The lowest BCUT2D eigenvalue weighted by Gasteiger charge is -2.04. The SMILES string of the molecule is O=C(CCC(F)(F)F)c1c[nH]c2cc(Cl)ccc12. The van der Waals surface area contributed by atoms with E-state index in [1.54, 1.807) is 18.2 Å². The monoisotopic (exact) mass is 275 g/mol. The van der Waals surface area contributed by atoms with Crippen molar-refractivity contribution in [3.63, 3.8) is 0 Å². The summed E-state index contributed by atoms with van der Waals surface area (Å²) in [6, 6.07) is 4.84. The fourth-order valence-corrected chi connectivity index (χ4v) is 1.89. The summed E-state index contributed by atoms with van der Waals surface area (Å²) in [4.78, 5) is 14.5. The molecule has 0 aliphatic heterocycles. The number of ketones is 1. The highest BCUT2D eigenvalue weighted by atomic mass is 35.5. The van der Waals surface area contributed by atoms with E-state index >= 15 is 0 Å². The molecule has 0 amide bonds. The van der Waals surface area contributed by atoms with Gasteiger partial charge in [0.1, 0.15) is 0 Å². The third-order valence-electron chi connectivity index (χ3n) is 2.58. The molecule has 96 valence electrons. The highest BCUT2D eigenvalue weighted by Crippen LogP contribution is 2.26. The van der Waals surface area contributed by atoms with Crippen molar-refractivity contribution in [3.8, 4) is 0 Å². The Balaban J connectivity index is 2.23. The van der Waals surface area contributed by atoms with Crippen LogP contribution in [0.15, 0.2) is 24.4 Å². The second-order valence-electron chi connectivity index (χ2n) is 3.93. The lowest BCUT2D eigenvalue weighted by molar-refractivity contribution is -0.133. The molecule has 0 saturated heterocycles. The third-order valence-corrected chi connectivity index (χ3v) is 2.81. The van der Waals surface area contributed by atoms with Gasteiger partial charge in [-0.15, -0.1) is 0 Å². The van der Waals surface area contributed by atoms with Crippen molar-refractivity contribution in [1.29, 1.82) is 0 Å². The predicted octanol–water partition coefficient (Wildman–Crippen LogP) is 4.35. The minimum atomic E-state index is -4.31. The molecule has 2 aromatic rings. The van der Waals surface area contributed by atoms with Crippen molar-refractivity contribution in [2.75, 3.05) is 0 Å². The minimum absolute atomic E-state index is 0.269. The molecular formula is C12H9ClF3NO. The summed E-state index contributed by atoms with van der Waals surface area (Å²) >= 11 is 5.77. The van der Waals surface area contributed by atoms with Crippen LogP contribution < -0.4 is 0 Å². The molecule has 6 heteroatoms. The highest BCUT2D eigenvalue weighted by molar-refractivity contribution is 6.31. The minimum Gasteiger partial charge on any atom is -0.360 e. The molecule has 0 fully saturated rings. The first kappa shape index (κ1) is 13.0. The molecule has 0 bridgehead atoms. The number of hydrogen-bond acceptors (Lipinski definition) is 1. The molecule has 0 aliphatic rings. The number of hydrogen-bond donors (Lipinski definition) is 1. The molecule has 18 heavy (non-hydrogen) atoms.